The molecule has 3 rings (SSSR count). The number of ether oxygens (including phenoxy) is 1. The highest BCUT2D eigenvalue weighted by atomic mass is 79.9. The maximum atomic E-state index is 12.8. The molecule has 1 aliphatic heterocycles. The van der Waals surface area contributed by atoms with E-state index in [9.17, 15) is 9.59 Å². The minimum atomic E-state index is -0.0466. The van der Waals surface area contributed by atoms with Crippen molar-refractivity contribution in [1.29, 1.82) is 0 Å². The van der Waals surface area contributed by atoms with E-state index in [0.29, 0.717) is 25.9 Å². The number of piperidine rings is 1. The largest absolute Gasteiger partial charge is 0.497 e. The topological polar surface area (TPSA) is 49.9 Å². The summed E-state index contributed by atoms with van der Waals surface area (Å²) in [6.07, 6.45) is 1.38. The van der Waals surface area contributed by atoms with Crippen molar-refractivity contribution in [1.82, 2.24) is 4.90 Å². The summed E-state index contributed by atoms with van der Waals surface area (Å²) in [7, 11) is 3.38. The van der Waals surface area contributed by atoms with Crippen molar-refractivity contribution in [2.75, 3.05) is 32.1 Å². The summed E-state index contributed by atoms with van der Waals surface area (Å²) in [6.45, 7) is 1.18. The van der Waals surface area contributed by atoms with E-state index in [2.05, 4.69) is 15.9 Å². The number of ketones is 1. The van der Waals surface area contributed by atoms with E-state index in [-0.39, 0.29) is 17.7 Å². The molecule has 0 bridgehead atoms. The third-order valence-electron chi connectivity index (χ3n) is 5.01. The zero-order chi connectivity index (χ0) is 19.4. The van der Waals surface area contributed by atoms with Crippen molar-refractivity contribution in [3.05, 3.63) is 58.6 Å². The predicted octanol–water partition coefficient (Wildman–Crippen LogP) is 4.61. The summed E-state index contributed by atoms with van der Waals surface area (Å²) < 4.78 is 6.11. The van der Waals surface area contributed by atoms with Gasteiger partial charge >= 0.3 is 6.03 Å². The summed E-state index contributed by atoms with van der Waals surface area (Å²) in [5.41, 5.74) is 1.55. The van der Waals surface area contributed by atoms with Gasteiger partial charge in [-0.05, 0) is 49.2 Å². The van der Waals surface area contributed by atoms with Crippen LogP contribution >= 0.6 is 15.9 Å². The number of hydrogen-bond acceptors (Lipinski definition) is 3. The number of likely N-dealkylation sites (tertiary alicyclic amines) is 1. The number of Topliss-reactive ketones (excluding diaryl/α,β-unsaturated/α-hetero) is 1. The number of nitrogens with zero attached hydrogens (tertiary/aromatic N) is 2. The van der Waals surface area contributed by atoms with Crippen molar-refractivity contribution < 1.29 is 14.3 Å². The molecule has 142 valence electrons. The van der Waals surface area contributed by atoms with Gasteiger partial charge in [0.1, 0.15) is 5.75 Å². The first-order chi connectivity index (χ1) is 13.0. The molecule has 2 amide bonds. The summed E-state index contributed by atoms with van der Waals surface area (Å²) in [5, 5.41) is 0. The molecule has 0 radical (unpaired) electrons. The lowest BCUT2D eigenvalue weighted by atomic mass is 9.89. The van der Waals surface area contributed by atoms with Gasteiger partial charge in [-0.25, -0.2) is 4.79 Å². The van der Waals surface area contributed by atoms with Gasteiger partial charge in [0.15, 0.2) is 5.78 Å². The minimum absolute atomic E-state index is 0.0264. The van der Waals surface area contributed by atoms with Crippen LogP contribution in [0.2, 0.25) is 0 Å². The Morgan fingerprint density at radius 1 is 1.04 bits per heavy atom. The summed E-state index contributed by atoms with van der Waals surface area (Å²) >= 11 is 3.39. The summed E-state index contributed by atoms with van der Waals surface area (Å²) in [6, 6.07) is 14.8. The highest BCUT2D eigenvalue weighted by molar-refractivity contribution is 9.10. The molecule has 0 aliphatic carbocycles. The Kier molecular flexibility index (Phi) is 6.16. The fraction of sp³-hybridized carbons (Fsp3) is 0.333. The van der Waals surface area contributed by atoms with Crippen LogP contribution in [0.15, 0.2) is 53.0 Å². The van der Waals surface area contributed by atoms with Crippen molar-refractivity contribution in [2.24, 2.45) is 5.92 Å². The maximum Gasteiger partial charge on any atom is 0.324 e. The second-order valence-corrected chi connectivity index (χ2v) is 7.59. The quantitative estimate of drug-likeness (QED) is 0.665. The van der Waals surface area contributed by atoms with E-state index in [1.165, 1.54) is 0 Å². The molecule has 0 saturated carbocycles. The monoisotopic (exact) mass is 430 g/mol. The molecule has 0 unspecified atom stereocenters. The van der Waals surface area contributed by atoms with Crippen LogP contribution < -0.4 is 9.64 Å². The van der Waals surface area contributed by atoms with Crippen molar-refractivity contribution in [2.45, 2.75) is 12.8 Å². The van der Waals surface area contributed by atoms with Crippen LogP contribution in [0.1, 0.15) is 23.2 Å². The number of carbonyl (C=O) groups excluding carboxylic acids is 2. The normalized spacial score (nSPS) is 14.7. The highest BCUT2D eigenvalue weighted by Crippen LogP contribution is 2.25. The van der Waals surface area contributed by atoms with Gasteiger partial charge in [0.2, 0.25) is 0 Å². The van der Waals surface area contributed by atoms with E-state index in [0.717, 1.165) is 21.5 Å². The number of anilines is 1. The van der Waals surface area contributed by atoms with Gasteiger partial charge in [-0.3, -0.25) is 9.69 Å². The first kappa shape index (κ1) is 19.4. The van der Waals surface area contributed by atoms with Crippen LogP contribution in [0, 0.1) is 5.92 Å². The molecule has 1 heterocycles. The number of carbonyl (C=O) groups is 2. The SMILES string of the molecule is COc1ccc(N(C)C(=O)N2CCC(C(=O)c3ccc(Br)cc3)CC2)cc1. The molecule has 2 aromatic rings. The Bertz CT molecular complexity index is 797. The molecule has 2 aromatic carbocycles. The molecular weight excluding hydrogens is 408 g/mol. The molecule has 1 fully saturated rings. The summed E-state index contributed by atoms with van der Waals surface area (Å²) in [4.78, 5) is 28.9. The molecule has 0 N–H and O–H groups in total. The molecule has 6 heteroatoms. The van der Waals surface area contributed by atoms with E-state index in [4.69, 9.17) is 4.74 Å². The van der Waals surface area contributed by atoms with Gasteiger partial charge in [-0.15, -0.1) is 0 Å². The Balaban J connectivity index is 1.58. The van der Waals surface area contributed by atoms with Crippen LogP contribution in [0.4, 0.5) is 10.5 Å². The lowest BCUT2D eigenvalue weighted by Crippen LogP contribution is -2.46. The first-order valence-electron chi connectivity index (χ1n) is 8.96. The zero-order valence-corrected chi connectivity index (χ0v) is 17.1. The number of halogens is 1. The standard InChI is InChI=1S/C21H23BrN2O3/c1-23(18-7-9-19(27-2)10-8-18)21(26)24-13-11-16(12-14-24)20(25)15-3-5-17(22)6-4-15/h3-10,16H,11-14H2,1-2H3. The molecule has 0 aromatic heterocycles. The van der Waals surface area contributed by atoms with Crippen LogP contribution in [0.25, 0.3) is 0 Å². The Hall–Kier alpha value is -2.34. The van der Waals surface area contributed by atoms with E-state index >= 15 is 0 Å². The fourth-order valence-electron chi connectivity index (χ4n) is 3.31. The fourth-order valence-corrected chi connectivity index (χ4v) is 3.58. The number of hydrogen-bond donors (Lipinski definition) is 0. The van der Waals surface area contributed by atoms with Crippen LogP contribution in [0.5, 0.6) is 5.75 Å². The Labute approximate surface area is 168 Å². The molecule has 1 aliphatic rings. The van der Waals surface area contributed by atoms with E-state index in [1.807, 2.05) is 53.4 Å². The molecule has 0 spiro atoms. The number of rotatable bonds is 4. The lowest BCUT2D eigenvalue weighted by Gasteiger charge is -2.34. The minimum Gasteiger partial charge on any atom is -0.497 e. The number of amides is 2. The average Bonchev–Trinajstić information content (AvgIpc) is 2.73. The van der Waals surface area contributed by atoms with Gasteiger partial charge in [-0.1, -0.05) is 28.1 Å². The Morgan fingerprint density at radius 2 is 1.63 bits per heavy atom. The van der Waals surface area contributed by atoms with Crippen LogP contribution in [-0.4, -0.2) is 44.0 Å². The van der Waals surface area contributed by atoms with Crippen molar-refractivity contribution >= 4 is 33.4 Å². The lowest BCUT2D eigenvalue weighted by molar-refractivity contribution is 0.0857. The van der Waals surface area contributed by atoms with E-state index in [1.54, 1.807) is 19.1 Å². The van der Waals surface area contributed by atoms with Gasteiger partial charge in [-0.2, -0.15) is 0 Å². The van der Waals surface area contributed by atoms with Crippen molar-refractivity contribution in [3.8, 4) is 5.75 Å². The smallest absolute Gasteiger partial charge is 0.324 e. The number of methoxy groups -OCH3 is 1. The molecule has 5 nitrogen and oxygen atoms in total. The second kappa shape index (κ2) is 8.57. The molecule has 0 atom stereocenters. The third-order valence-corrected chi connectivity index (χ3v) is 5.54. The average molecular weight is 431 g/mol. The first-order valence-corrected chi connectivity index (χ1v) is 9.75. The van der Waals surface area contributed by atoms with Gasteiger partial charge < -0.3 is 9.64 Å². The highest BCUT2D eigenvalue weighted by Gasteiger charge is 2.29. The Morgan fingerprint density at radius 3 is 2.19 bits per heavy atom. The number of benzene rings is 2. The summed E-state index contributed by atoms with van der Waals surface area (Å²) in [5.74, 6) is 0.895. The van der Waals surface area contributed by atoms with Gasteiger partial charge in [0.05, 0.1) is 7.11 Å². The van der Waals surface area contributed by atoms with Crippen LogP contribution in [0.3, 0.4) is 0 Å². The van der Waals surface area contributed by atoms with Crippen LogP contribution in [-0.2, 0) is 0 Å². The zero-order valence-electron chi connectivity index (χ0n) is 15.5. The molecule has 27 heavy (non-hydrogen) atoms. The predicted molar refractivity (Wildman–Crippen MR) is 110 cm³/mol. The van der Waals surface area contributed by atoms with Gasteiger partial charge in [0.25, 0.3) is 0 Å². The maximum absolute atomic E-state index is 12.8. The number of urea groups is 1. The second-order valence-electron chi connectivity index (χ2n) is 6.67. The molecular formula is C21H23BrN2O3. The van der Waals surface area contributed by atoms with Gasteiger partial charge in [0, 0.05) is 41.8 Å². The van der Waals surface area contributed by atoms with Crippen molar-refractivity contribution in [3.63, 3.8) is 0 Å². The molecule has 1 saturated heterocycles. The van der Waals surface area contributed by atoms with E-state index < -0.39 is 0 Å². The third kappa shape index (κ3) is 4.50.